The minimum absolute atomic E-state index is 0.157. The maximum atomic E-state index is 11.6. The molecule has 0 unspecified atom stereocenters. The molecule has 4 rings (SSSR count). The molecule has 1 aromatic heterocycles. The fourth-order valence-electron chi connectivity index (χ4n) is 4.55. The molecule has 1 fully saturated rings. The van der Waals surface area contributed by atoms with Crippen LogP contribution in [0.4, 0.5) is 0 Å². The van der Waals surface area contributed by atoms with E-state index in [-0.39, 0.29) is 4.90 Å². The van der Waals surface area contributed by atoms with Crippen molar-refractivity contribution in [3.8, 4) is 0 Å². The van der Waals surface area contributed by atoms with E-state index in [0.29, 0.717) is 5.41 Å². The number of nitrogens with zero attached hydrogens (tertiary/aromatic N) is 1. The predicted octanol–water partition coefficient (Wildman–Crippen LogP) is 4.72. The maximum absolute atomic E-state index is 11.6. The van der Waals surface area contributed by atoms with Gasteiger partial charge in [0, 0.05) is 11.1 Å². The van der Waals surface area contributed by atoms with Crippen molar-refractivity contribution in [2.45, 2.75) is 48.3 Å². The molecular formula is C21H24N2O2S2. The highest BCUT2D eigenvalue weighted by Crippen LogP contribution is 2.57. The van der Waals surface area contributed by atoms with E-state index in [1.54, 1.807) is 23.9 Å². The molecule has 2 N–H and O–H groups in total. The number of sulfonamides is 1. The molecule has 0 aliphatic heterocycles. The third-order valence-corrected chi connectivity index (χ3v) is 7.59. The molecule has 1 heterocycles. The van der Waals surface area contributed by atoms with Crippen LogP contribution in [0.1, 0.15) is 49.8 Å². The molecule has 6 heteroatoms. The second-order valence-corrected chi connectivity index (χ2v) is 10.1. The summed E-state index contributed by atoms with van der Waals surface area (Å²) < 4.78 is 23.1. The van der Waals surface area contributed by atoms with Gasteiger partial charge in [0.2, 0.25) is 10.0 Å². The van der Waals surface area contributed by atoms with E-state index in [1.165, 1.54) is 36.8 Å². The van der Waals surface area contributed by atoms with Crippen molar-refractivity contribution >= 4 is 32.9 Å². The van der Waals surface area contributed by atoms with Gasteiger partial charge in [0.25, 0.3) is 0 Å². The van der Waals surface area contributed by atoms with Crippen molar-refractivity contribution in [3.05, 3.63) is 53.9 Å². The highest BCUT2D eigenvalue weighted by molar-refractivity contribution is 7.98. The normalized spacial score (nSPS) is 19.2. The maximum Gasteiger partial charge on any atom is 0.238 e. The van der Waals surface area contributed by atoms with Gasteiger partial charge < -0.3 is 0 Å². The van der Waals surface area contributed by atoms with E-state index >= 15 is 0 Å². The number of hydrogen-bond donors (Lipinski definition) is 1. The Morgan fingerprint density at radius 1 is 1.00 bits per heavy atom. The van der Waals surface area contributed by atoms with Gasteiger partial charge in [-0.1, -0.05) is 25.0 Å². The molecule has 2 aliphatic carbocycles. The number of benzene rings is 1. The van der Waals surface area contributed by atoms with Gasteiger partial charge in [-0.15, -0.1) is 11.8 Å². The van der Waals surface area contributed by atoms with Crippen LogP contribution in [-0.2, 0) is 10.0 Å². The van der Waals surface area contributed by atoms with Gasteiger partial charge in [-0.05, 0) is 78.3 Å². The Kier molecular flexibility index (Phi) is 4.91. The number of rotatable bonds is 4. The fourth-order valence-corrected chi connectivity index (χ4v) is 5.43. The van der Waals surface area contributed by atoms with E-state index in [4.69, 9.17) is 10.1 Å². The van der Waals surface area contributed by atoms with Crippen LogP contribution in [-0.4, -0.2) is 19.7 Å². The zero-order chi connectivity index (χ0) is 19.1. The second kappa shape index (κ2) is 7.08. The lowest BCUT2D eigenvalue weighted by Gasteiger charge is -2.23. The van der Waals surface area contributed by atoms with Crippen LogP contribution >= 0.6 is 11.8 Å². The van der Waals surface area contributed by atoms with Crippen LogP contribution in [0.2, 0.25) is 0 Å². The molecule has 0 atom stereocenters. The Morgan fingerprint density at radius 2 is 1.67 bits per heavy atom. The minimum Gasteiger partial charge on any atom is -0.255 e. The van der Waals surface area contributed by atoms with Crippen molar-refractivity contribution in [1.82, 2.24) is 4.98 Å². The predicted molar refractivity (Wildman–Crippen MR) is 111 cm³/mol. The molecule has 1 saturated carbocycles. The lowest BCUT2D eigenvalue weighted by molar-refractivity contribution is 0.329. The standard InChI is InChI=1S/C21H24N2O2S2/c1-26-16-6-9-20(23-14-16)19-13-21(10-2-3-11-21)12-18(19)15-4-7-17(8-5-15)27(22,24)25/h4-9,14H,2-3,10-13H2,1H3,(H2,22,24,25). The number of primary sulfonamides is 1. The Balaban J connectivity index is 1.76. The Morgan fingerprint density at radius 3 is 2.22 bits per heavy atom. The summed E-state index contributed by atoms with van der Waals surface area (Å²) in [5.74, 6) is 0. The van der Waals surface area contributed by atoms with Crippen molar-refractivity contribution in [3.63, 3.8) is 0 Å². The summed E-state index contributed by atoms with van der Waals surface area (Å²) in [5, 5.41) is 5.25. The summed E-state index contributed by atoms with van der Waals surface area (Å²) in [5.41, 5.74) is 5.09. The number of aromatic nitrogens is 1. The molecule has 142 valence electrons. The molecular weight excluding hydrogens is 376 g/mol. The van der Waals surface area contributed by atoms with E-state index < -0.39 is 10.0 Å². The third kappa shape index (κ3) is 3.71. The third-order valence-electron chi connectivity index (χ3n) is 5.94. The van der Waals surface area contributed by atoms with Crippen molar-refractivity contribution in [2.75, 3.05) is 6.26 Å². The zero-order valence-electron chi connectivity index (χ0n) is 15.4. The van der Waals surface area contributed by atoms with Crippen LogP contribution < -0.4 is 5.14 Å². The number of thioether (sulfide) groups is 1. The average Bonchev–Trinajstić information content (AvgIpc) is 3.28. The van der Waals surface area contributed by atoms with Crippen molar-refractivity contribution < 1.29 is 8.42 Å². The van der Waals surface area contributed by atoms with Gasteiger partial charge in [0.1, 0.15) is 0 Å². The summed E-state index contributed by atoms with van der Waals surface area (Å²) in [6.45, 7) is 0. The van der Waals surface area contributed by atoms with E-state index in [0.717, 1.165) is 29.0 Å². The van der Waals surface area contributed by atoms with Crippen LogP contribution in [0.25, 0.3) is 11.1 Å². The lowest BCUT2D eigenvalue weighted by atomic mass is 9.81. The summed E-state index contributed by atoms with van der Waals surface area (Å²) in [4.78, 5) is 6.04. The van der Waals surface area contributed by atoms with Gasteiger partial charge in [-0.3, -0.25) is 4.98 Å². The Hall–Kier alpha value is -1.63. The number of hydrogen-bond acceptors (Lipinski definition) is 4. The molecule has 4 nitrogen and oxygen atoms in total. The van der Waals surface area contributed by atoms with E-state index in [2.05, 4.69) is 18.4 Å². The summed E-state index contributed by atoms with van der Waals surface area (Å²) in [6.07, 6.45) is 11.2. The Bertz CT molecular complexity index is 972. The monoisotopic (exact) mass is 400 g/mol. The lowest BCUT2D eigenvalue weighted by Crippen LogP contribution is -2.12. The smallest absolute Gasteiger partial charge is 0.238 e. The van der Waals surface area contributed by atoms with Gasteiger partial charge in [0.05, 0.1) is 10.6 Å². The van der Waals surface area contributed by atoms with Crippen molar-refractivity contribution in [1.29, 1.82) is 0 Å². The second-order valence-electron chi connectivity index (χ2n) is 7.67. The molecule has 1 spiro atoms. The van der Waals surface area contributed by atoms with Crippen LogP contribution in [0, 0.1) is 5.41 Å². The largest absolute Gasteiger partial charge is 0.255 e. The first-order valence-corrected chi connectivity index (χ1v) is 12.0. The molecule has 2 aliphatic rings. The number of pyridine rings is 1. The average molecular weight is 401 g/mol. The number of nitrogens with two attached hydrogens (primary N) is 1. The molecule has 0 amide bonds. The van der Waals surface area contributed by atoms with Crippen LogP contribution in [0.5, 0.6) is 0 Å². The van der Waals surface area contributed by atoms with E-state index in [1.807, 2.05) is 18.3 Å². The number of allylic oxidation sites excluding steroid dienone is 2. The van der Waals surface area contributed by atoms with Gasteiger partial charge in [-0.25, -0.2) is 13.6 Å². The molecule has 27 heavy (non-hydrogen) atoms. The van der Waals surface area contributed by atoms with Crippen LogP contribution in [0.3, 0.4) is 0 Å². The topological polar surface area (TPSA) is 73.1 Å². The quantitative estimate of drug-likeness (QED) is 0.754. The summed E-state index contributed by atoms with van der Waals surface area (Å²) in [7, 11) is -3.67. The van der Waals surface area contributed by atoms with Gasteiger partial charge in [0.15, 0.2) is 0 Å². The summed E-state index contributed by atoms with van der Waals surface area (Å²) in [6, 6.07) is 11.2. The minimum atomic E-state index is -3.67. The first-order chi connectivity index (χ1) is 12.9. The summed E-state index contributed by atoms with van der Waals surface area (Å²) >= 11 is 1.69. The first-order valence-electron chi connectivity index (χ1n) is 9.26. The highest BCUT2D eigenvalue weighted by Gasteiger charge is 2.41. The Labute approximate surface area is 165 Å². The molecule has 1 aromatic carbocycles. The van der Waals surface area contributed by atoms with Crippen molar-refractivity contribution in [2.24, 2.45) is 10.6 Å². The van der Waals surface area contributed by atoms with Gasteiger partial charge in [-0.2, -0.15) is 0 Å². The fraction of sp³-hybridized carbons (Fsp3) is 0.381. The zero-order valence-corrected chi connectivity index (χ0v) is 17.1. The highest BCUT2D eigenvalue weighted by atomic mass is 32.2. The van der Waals surface area contributed by atoms with E-state index in [9.17, 15) is 8.42 Å². The first kappa shape index (κ1) is 18.7. The molecule has 2 aromatic rings. The van der Waals surface area contributed by atoms with Gasteiger partial charge >= 0.3 is 0 Å². The molecule has 0 radical (unpaired) electrons. The molecule has 0 bridgehead atoms. The SMILES string of the molecule is CSc1ccc(C2=C(c3ccc(S(N)(=O)=O)cc3)CC3(CCCC3)C2)nc1. The van der Waals surface area contributed by atoms with Crippen LogP contribution in [0.15, 0.2) is 52.4 Å². The molecule has 0 saturated heterocycles.